The number of aromatic nitrogens is 1. The van der Waals surface area contributed by atoms with Crippen LogP contribution in [-0.2, 0) is 17.8 Å². The fourth-order valence-corrected chi connectivity index (χ4v) is 3.09. The summed E-state index contributed by atoms with van der Waals surface area (Å²) in [6.07, 6.45) is 1.56. The van der Waals surface area contributed by atoms with Crippen molar-refractivity contribution < 1.29 is 19.2 Å². The van der Waals surface area contributed by atoms with Crippen molar-refractivity contribution in [3.05, 3.63) is 71.5 Å². The van der Waals surface area contributed by atoms with Crippen molar-refractivity contribution >= 4 is 5.97 Å². The van der Waals surface area contributed by atoms with Gasteiger partial charge in [-0.2, -0.15) is 0 Å². The molecule has 5 nitrogen and oxygen atoms in total. The van der Waals surface area contributed by atoms with Crippen molar-refractivity contribution in [2.75, 3.05) is 0 Å². The van der Waals surface area contributed by atoms with E-state index in [1.54, 1.807) is 0 Å². The molecule has 5 heteroatoms. The van der Waals surface area contributed by atoms with Crippen molar-refractivity contribution in [2.45, 2.75) is 45.6 Å². The molecular weight excluding hydrogens is 354 g/mol. The van der Waals surface area contributed by atoms with Gasteiger partial charge in [-0.25, -0.2) is 0 Å². The van der Waals surface area contributed by atoms with Gasteiger partial charge in [0.05, 0.1) is 5.56 Å². The van der Waals surface area contributed by atoms with Crippen LogP contribution in [0.3, 0.4) is 0 Å². The predicted octanol–water partition coefficient (Wildman–Crippen LogP) is 5.45. The molecule has 3 aromatic rings. The summed E-state index contributed by atoms with van der Waals surface area (Å²) in [5.74, 6) is 1.05. The van der Waals surface area contributed by atoms with Crippen LogP contribution in [0.4, 0.5) is 0 Å². The molecular formula is C23H25NO4. The number of carboxylic acid groups (broad SMARTS) is 1. The maximum absolute atomic E-state index is 10.6. The van der Waals surface area contributed by atoms with E-state index >= 15 is 0 Å². The van der Waals surface area contributed by atoms with Gasteiger partial charge in [-0.15, -0.1) is 0 Å². The van der Waals surface area contributed by atoms with Gasteiger partial charge in [0.1, 0.15) is 23.8 Å². The molecule has 0 saturated heterocycles. The standard InChI is InChI=1S/C23H25NO4/c1-16(2)23-20(22(24-28-23)18-8-4-3-5-9-18)15-27-19-13-11-17(12-14-19)7-6-10-21(25)26/h3-5,8-9,11-14,16H,6-7,10,15H2,1-2H3,(H,25,26). The van der Waals surface area contributed by atoms with Gasteiger partial charge in [0.25, 0.3) is 0 Å². The molecule has 0 amide bonds. The summed E-state index contributed by atoms with van der Waals surface area (Å²) < 4.78 is 11.6. The van der Waals surface area contributed by atoms with E-state index < -0.39 is 5.97 Å². The van der Waals surface area contributed by atoms with Crippen LogP contribution in [0, 0.1) is 0 Å². The Kier molecular flexibility index (Phi) is 6.48. The molecule has 0 fully saturated rings. The molecule has 0 aliphatic carbocycles. The highest BCUT2D eigenvalue weighted by Gasteiger charge is 2.20. The molecule has 0 aliphatic heterocycles. The number of aliphatic carboxylic acids is 1. The Morgan fingerprint density at radius 3 is 2.46 bits per heavy atom. The maximum Gasteiger partial charge on any atom is 0.303 e. The lowest BCUT2D eigenvalue weighted by molar-refractivity contribution is -0.137. The fraction of sp³-hybridized carbons (Fsp3) is 0.304. The molecule has 146 valence electrons. The minimum Gasteiger partial charge on any atom is -0.489 e. The monoisotopic (exact) mass is 379 g/mol. The van der Waals surface area contributed by atoms with Crippen molar-refractivity contribution in [2.24, 2.45) is 0 Å². The number of carboxylic acids is 1. The van der Waals surface area contributed by atoms with E-state index in [1.807, 2.05) is 54.6 Å². The van der Waals surface area contributed by atoms with Crippen LogP contribution in [-0.4, -0.2) is 16.2 Å². The normalized spacial score (nSPS) is 11.0. The minimum absolute atomic E-state index is 0.186. The van der Waals surface area contributed by atoms with Gasteiger partial charge >= 0.3 is 5.97 Å². The zero-order valence-corrected chi connectivity index (χ0v) is 16.2. The Hall–Kier alpha value is -3.08. The molecule has 3 rings (SSSR count). The Bertz CT molecular complexity index is 898. The first-order valence-corrected chi connectivity index (χ1v) is 9.52. The zero-order valence-electron chi connectivity index (χ0n) is 16.2. The number of rotatable bonds is 9. The third-order valence-corrected chi connectivity index (χ3v) is 4.55. The number of nitrogens with zero attached hydrogens (tertiary/aromatic N) is 1. The first kappa shape index (κ1) is 19.7. The Labute approximate surface area is 164 Å². The average Bonchev–Trinajstić information content (AvgIpc) is 3.12. The highest BCUT2D eigenvalue weighted by atomic mass is 16.5. The second-order valence-electron chi connectivity index (χ2n) is 7.07. The molecule has 0 unspecified atom stereocenters. The van der Waals surface area contributed by atoms with Crippen LogP contribution in [0.15, 0.2) is 59.1 Å². The van der Waals surface area contributed by atoms with Crippen LogP contribution in [0.5, 0.6) is 5.75 Å². The quantitative estimate of drug-likeness (QED) is 0.535. The lowest BCUT2D eigenvalue weighted by Crippen LogP contribution is -2.01. The van der Waals surface area contributed by atoms with Crippen LogP contribution in [0.25, 0.3) is 11.3 Å². The van der Waals surface area contributed by atoms with E-state index in [0.717, 1.165) is 40.3 Å². The van der Waals surface area contributed by atoms with E-state index in [4.69, 9.17) is 14.4 Å². The molecule has 0 saturated carbocycles. The first-order valence-electron chi connectivity index (χ1n) is 9.52. The lowest BCUT2D eigenvalue weighted by Gasteiger charge is -2.10. The Morgan fingerprint density at radius 2 is 1.82 bits per heavy atom. The highest BCUT2D eigenvalue weighted by Crippen LogP contribution is 2.30. The van der Waals surface area contributed by atoms with Crippen molar-refractivity contribution in [3.63, 3.8) is 0 Å². The fourth-order valence-electron chi connectivity index (χ4n) is 3.09. The van der Waals surface area contributed by atoms with Gasteiger partial charge in [0.2, 0.25) is 0 Å². The molecule has 1 aromatic heterocycles. The SMILES string of the molecule is CC(C)c1onc(-c2ccccc2)c1COc1ccc(CCCC(=O)O)cc1. The number of ether oxygens (including phenoxy) is 1. The van der Waals surface area contributed by atoms with Crippen molar-refractivity contribution in [1.82, 2.24) is 5.16 Å². The molecule has 0 bridgehead atoms. The van der Waals surface area contributed by atoms with Crippen LogP contribution in [0.2, 0.25) is 0 Å². The summed E-state index contributed by atoms with van der Waals surface area (Å²) in [7, 11) is 0. The minimum atomic E-state index is -0.760. The molecule has 0 radical (unpaired) electrons. The van der Waals surface area contributed by atoms with E-state index in [-0.39, 0.29) is 12.3 Å². The van der Waals surface area contributed by atoms with Crippen LogP contribution in [0.1, 0.15) is 49.5 Å². The van der Waals surface area contributed by atoms with Crippen molar-refractivity contribution in [1.29, 1.82) is 0 Å². The summed E-state index contributed by atoms with van der Waals surface area (Å²) in [6, 6.07) is 17.7. The summed E-state index contributed by atoms with van der Waals surface area (Å²) >= 11 is 0. The average molecular weight is 379 g/mol. The zero-order chi connectivity index (χ0) is 19.9. The number of carbonyl (C=O) groups is 1. The van der Waals surface area contributed by atoms with E-state index in [1.165, 1.54) is 0 Å². The number of aryl methyl sites for hydroxylation is 1. The Balaban J connectivity index is 1.70. The third kappa shape index (κ3) is 5.00. The summed E-state index contributed by atoms with van der Waals surface area (Å²) in [6.45, 7) is 4.52. The van der Waals surface area contributed by atoms with Gasteiger partial charge in [-0.1, -0.05) is 61.5 Å². The molecule has 1 heterocycles. The molecule has 1 N–H and O–H groups in total. The second kappa shape index (κ2) is 9.22. The van der Waals surface area contributed by atoms with Crippen LogP contribution >= 0.6 is 0 Å². The molecule has 28 heavy (non-hydrogen) atoms. The summed E-state index contributed by atoms with van der Waals surface area (Å²) in [5.41, 5.74) is 3.89. The van der Waals surface area contributed by atoms with Gasteiger partial charge in [-0.3, -0.25) is 4.79 Å². The Morgan fingerprint density at radius 1 is 1.11 bits per heavy atom. The number of hydrogen-bond acceptors (Lipinski definition) is 4. The second-order valence-corrected chi connectivity index (χ2v) is 7.07. The summed E-state index contributed by atoms with van der Waals surface area (Å²) in [5, 5.41) is 13.0. The van der Waals surface area contributed by atoms with Gasteiger partial charge in [-0.05, 0) is 30.5 Å². The van der Waals surface area contributed by atoms with E-state index in [0.29, 0.717) is 13.0 Å². The topological polar surface area (TPSA) is 72.6 Å². The van der Waals surface area contributed by atoms with Crippen LogP contribution < -0.4 is 4.74 Å². The third-order valence-electron chi connectivity index (χ3n) is 4.55. The molecule has 0 atom stereocenters. The van der Waals surface area contributed by atoms with E-state index in [9.17, 15) is 4.79 Å². The number of benzene rings is 2. The molecule has 0 aliphatic rings. The van der Waals surface area contributed by atoms with Crippen molar-refractivity contribution in [3.8, 4) is 17.0 Å². The largest absolute Gasteiger partial charge is 0.489 e. The lowest BCUT2D eigenvalue weighted by atomic mass is 10.0. The van der Waals surface area contributed by atoms with Gasteiger partial charge in [0, 0.05) is 17.9 Å². The first-order chi connectivity index (χ1) is 13.5. The summed E-state index contributed by atoms with van der Waals surface area (Å²) in [4.78, 5) is 10.6. The molecule has 2 aromatic carbocycles. The smallest absolute Gasteiger partial charge is 0.303 e. The molecule has 0 spiro atoms. The predicted molar refractivity (Wildman–Crippen MR) is 107 cm³/mol. The maximum atomic E-state index is 10.6. The highest BCUT2D eigenvalue weighted by molar-refractivity contribution is 5.66. The van der Waals surface area contributed by atoms with E-state index in [2.05, 4.69) is 19.0 Å². The van der Waals surface area contributed by atoms with Gasteiger partial charge < -0.3 is 14.4 Å². The van der Waals surface area contributed by atoms with Gasteiger partial charge in [0.15, 0.2) is 0 Å². The number of hydrogen-bond donors (Lipinski definition) is 1.